The van der Waals surface area contributed by atoms with E-state index in [1.165, 1.54) is 11.1 Å². The molecule has 0 aliphatic heterocycles. The van der Waals surface area contributed by atoms with Gasteiger partial charge in [-0.1, -0.05) is 133 Å². The first-order chi connectivity index (χ1) is 21.2. The topological polar surface area (TPSA) is 58.9 Å². The van der Waals surface area contributed by atoms with Gasteiger partial charge in [0.15, 0.2) is 11.6 Å². The van der Waals surface area contributed by atoms with Crippen molar-refractivity contribution >= 4 is 0 Å². The van der Waals surface area contributed by atoms with E-state index in [0.29, 0.717) is 11.6 Å². The van der Waals surface area contributed by atoms with Crippen LogP contribution in [0, 0.1) is 0 Å². The number of rotatable bonds is 6. The molecule has 6 aromatic carbocycles. The molecule has 4 nitrogen and oxygen atoms in total. The summed E-state index contributed by atoms with van der Waals surface area (Å²) in [5.74, 6) is 0.833. The minimum atomic E-state index is -0.312. The quantitative estimate of drug-likeness (QED) is 0.223. The Balaban J connectivity index is 1.22. The monoisotopic (exact) mass is 553 g/mol. The largest absolute Gasteiger partial charge is 0.479 e. The van der Waals surface area contributed by atoms with E-state index < -0.39 is 0 Å². The molecular weight excluding hydrogens is 526 g/mol. The first-order valence-corrected chi connectivity index (χ1v) is 14.2. The van der Waals surface area contributed by atoms with Crippen LogP contribution in [0.5, 0.6) is 6.01 Å². The van der Waals surface area contributed by atoms with E-state index in [1.54, 1.807) is 0 Å². The van der Waals surface area contributed by atoms with Crippen LogP contribution in [0.2, 0.25) is 0 Å². The van der Waals surface area contributed by atoms with Gasteiger partial charge in [-0.2, -0.15) is 9.97 Å². The first-order valence-electron chi connectivity index (χ1n) is 14.2. The fourth-order valence-electron chi connectivity index (χ4n) is 5.32. The van der Waals surface area contributed by atoms with E-state index >= 15 is 0 Å². The van der Waals surface area contributed by atoms with Gasteiger partial charge in [-0.3, -0.25) is 0 Å². The molecule has 0 amide bonds. The summed E-state index contributed by atoms with van der Waals surface area (Å²) in [6.07, 6.45) is 0. The maximum absolute atomic E-state index is 10.6. The standard InChI is InChI=1S/C39H27N3O/c43-39-41-37(35-21-9-19-33(25-35)31-17-7-15-29(23-31)27-11-3-1-4-12-27)40-38(42-39)36-22-10-20-34(26-36)32-18-8-16-30(24-32)28-13-5-2-6-14-28/h1-26H,(H,40,41,42,43). The number of hydrogen-bond donors (Lipinski definition) is 1. The first kappa shape index (κ1) is 26.1. The zero-order valence-corrected chi connectivity index (χ0v) is 23.3. The molecule has 0 atom stereocenters. The predicted octanol–water partition coefficient (Wildman–Crippen LogP) is 9.58. The normalized spacial score (nSPS) is 10.9. The maximum atomic E-state index is 10.6. The van der Waals surface area contributed by atoms with E-state index in [1.807, 2.05) is 72.8 Å². The zero-order chi connectivity index (χ0) is 29.0. The lowest BCUT2D eigenvalue weighted by Gasteiger charge is -2.10. The van der Waals surface area contributed by atoms with E-state index in [2.05, 4.69) is 94.9 Å². The Kier molecular flexibility index (Phi) is 7.00. The lowest BCUT2D eigenvalue weighted by molar-refractivity contribution is 0.430. The van der Waals surface area contributed by atoms with Crippen LogP contribution >= 0.6 is 0 Å². The Labute approximate surface area is 250 Å². The smallest absolute Gasteiger partial charge is 0.318 e. The summed E-state index contributed by atoms with van der Waals surface area (Å²) < 4.78 is 0. The molecule has 4 heteroatoms. The highest BCUT2D eigenvalue weighted by Gasteiger charge is 2.12. The summed E-state index contributed by atoms with van der Waals surface area (Å²) >= 11 is 0. The van der Waals surface area contributed by atoms with Gasteiger partial charge < -0.3 is 5.11 Å². The number of aromatic hydroxyl groups is 1. The highest BCUT2D eigenvalue weighted by Crippen LogP contribution is 2.32. The average Bonchev–Trinajstić information content (AvgIpc) is 3.09. The van der Waals surface area contributed by atoms with Gasteiger partial charge in [-0.05, 0) is 68.8 Å². The molecule has 0 fully saturated rings. The second-order valence-electron chi connectivity index (χ2n) is 10.3. The summed E-state index contributed by atoms with van der Waals surface area (Å²) in [5.41, 5.74) is 10.5. The fraction of sp³-hybridized carbons (Fsp3) is 0. The predicted molar refractivity (Wildman–Crippen MR) is 174 cm³/mol. The minimum absolute atomic E-state index is 0.312. The van der Waals surface area contributed by atoms with E-state index in [4.69, 9.17) is 4.98 Å². The van der Waals surface area contributed by atoms with Gasteiger partial charge in [0.25, 0.3) is 0 Å². The van der Waals surface area contributed by atoms with E-state index in [9.17, 15) is 5.11 Å². The van der Waals surface area contributed by atoms with Crippen molar-refractivity contribution in [3.63, 3.8) is 0 Å². The van der Waals surface area contributed by atoms with Crippen molar-refractivity contribution < 1.29 is 5.11 Å². The van der Waals surface area contributed by atoms with Gasteiger partial charge in [-0.25, -0.2) is 4.98 Å². The van der Waals surface area contributed by atoms with Crippen molar-refractivity contribution in [2.75, 3.05) is 0 Å². The average molecular weight is 554 g/mol. The molecule has 0 bridgehead atoms. The minimum Gasteiger partial charge on any atom is -0.479 e. The SMILES string of the molecule is Oc1nc(-c2cccc(-c3cccc(-c4ccccc4)c3)c2)nc(-c2cccc(-c3cccc(-c4ccccc4)c3)c2)n1. The van der Waals surface area contributed by atoms with Crippen LogP contribution in [0.25, 0.3) is 67.3 Å². The summed E-state index contributed by atoms with van der Waals surface area (Å²) in [6, 6.07) is 53.4. The Bertz CT molecular complexity index is 1890. The molecule has 1 heterocycles. The van der Waals surface area contributed by atoms with Gasteiger partial charge in [0.2, 0.25) is 0 Å². The van der Waals surface area contributed by atoms with Crippen LogP contribution in [0.15, 0.2) is 158 Å². The third-order valence-corrected chi connectivity index (χ3v) is 7.47. The summed E-state index contributed by atoms with van der Waals surface area (Å²) in [5, 5.41) is 10.6. The van der Waals surface area contributed by atoms with Crippen molar-refractivity contribution in [1.29, 1.82) is 0 Å². The summed E-state index contributed by atoms with van der Waals surface area (Å²) in [6.45, 7) is 0. The van der Waals surface area contributed by atoms with Crippen molar-refractivity contribution in [3.8, 4) is 73.3 Å². The number of hydrogen-bond acceptors (Lipinski definition) is 4. The highest BCUT2D eigenvalue weighted by atomic mass is 16.3. The zero-order valence-electron chi connectivity index (χ0n) is 23.3. The number of benzene rings is 6. The molecule has 1 aromatic heterocycles. The highest BCUT2D eigenvalue weighted by molar-refractivity contribution is 5.78. The van der Waals surface area contributed by atoms with Gasteiger partial charge in [0, 0.05) is 11.1 Å². The summed E-state index contributed by atoms with van der Waals surface area (Å²) in [7, 11) is 0. The van der Waals surface area contributed by atoms with E-state index in [0.717, 1.165) is 44.5 Å². The molecule has 0 aliphatic rings. The lowest BCUT2D eigenvalue weighted by atomic mass is 9.97. The molecule has 43 heavy (non-hydrogen) atoms. The molecule has 204 valence electrons. The molecule has 7 aromatic rings. The Morgan fingerprint density at radius 2 is 0.558 bits per heavy atom. The molecule has 0 unspecified atom stereocenters. The summed E-state index contributed by atoms with van der Waals surface area (Å²) in [4.78, 5) is 13.4. The van der Waals surface area contributed by atoms with Crippen molar-refractivity contribution in [3.05, 3.63) is 158 Å². The van der Waals surface area contributed by atoms with Crippen LogP contribution in [-0.4, -0.2) is 20.1 Å². The number of nitrogens with zero attached hydrogens (tertiary/aromatic N) is 3. The third kappa shape index (κ3) is 5.67. The van der Waals surface area contributed by atoms with Crippen LogP contribution in [0.3, 0.4) is 0 Å². The maximum Gasteiger partial charge on any atom is 0.318 e. The molecule has 0 saturated carbocycles. The van der Waals surface area contributed by atoms with Gasteiger partial charge in [0.1, 0.15) is 0 Å². The molecule has 7 rings (SSSR count). The van der Waals surface area contributed by atoms with Crippen LogP contribution in [0.1, 0.15) is 0 Å². The van der Waals surface area contributed by atoms with Crippen LogP contribution < -0.4 is 0 Å². The third-order valence-electron chi connectivity index (χ3n) is 7.47. The van der Waals surface area contributed by atoms with Crippen LogP contribution in [0.4, 0.5) is 0 Å². The van der Waals surface area contributed by atoms with Gasteiger partial charge in [-0.15, -0.1) is 0 Å². The molecule has 0 saturated heterocycles. The molecule has 1 N–H and O–H groups in total. The second-order valence-corrected chi connectivity index (χ2v) is 10.3. The van der Waals surface area contributed by atoms with Crippen LogP contribution in [-0.2, 0) is 0 Å². The van der Waals surface area contributed by atoms with Gasteiger partial charge in [0.05, 0.1) is 0 Å². The molecule has 0 radical (unpaired) electrons. The second kappa shape index (κ2) is 11.6. The number of aromatic nitrogens is 3. The van der Waals surface area contributed by atoms with Gasteiger partial charge >= 0.3 is 6.01 Å². The Morgan fingerprint density at radius 3 is 0.930 bits per heavy atom. The molecule has 0 spiro atoms. The molecule has 0 aliphatic carbocycles. The fourth-order valence-corrected chi connectivity index (χ4v) is 5.32. The van der Waals surface area contributed by atoms with Crippen molar-refractivity contribution in [1.82, 2.24) is 15.0 Å². The Morgan fingerprint density at radius 1 is 0.279 bits per heavy atom. The Hall–Kier alpha value is -5.87. The van der Waals surface area contributed by atoms with Crippen molar-refractivity contribution in [2.45, 2.75) is 0 Å². The van der Waals surface area contributed by atoms with E-state index in [-0.39, 0.29) is 6.01 Å². The van der Waals surface area contributed by atoms with Crippen molar-refractivity contribution in [2.24, 2.45) is 0 Å². The lowest BCUT2D eigenvalue weighted by Crippen LogP contribution is -1.97. The molecular formula is C39H27N3O.